The number of hydrogen-bond donors (Lipinski definition) is 1. The first-order valence-corrected chi connectivity index (χ1v) is 10.1. The van der Waals surface area contributed by atoms with Crippen LogP contribution in [0.1, 0.15) is 16.8 Å². The highest BCUT2D eigenvalue weighted by Gasteiger charge is 2.42. The van der Waals surface area contributed by atoms with Gasteiger partial charge in [0.25, 0.3) is 0 Å². The number of carboxylic acid groups (broad SMARTS) is 1. The van der Waals surface area contributed by atoms with Crippen molar-refractivity contribution >= 4 is 17.3 Å². The molecule has 0 saturated carbocycles. The second kappa shape index (κ2) is 8.32. The van der Waals surface area contributed by atoms with E-state index >= 15 is 0 Å². The van der Waals surface area contributed by atoms with E-state index in [2.05, 4.69) is 24.0 Å². The fourth-order valence-electron chi connectivity index (χ4n) is 3.14. The number of aliphatic carboxylic acids is 1. The van der Waals surface area contributed by atoms with Crippen molar-refractivity contribution < 1.29 is 24.1 Å². The molecule has 0 atom stereocenters. The van der Waals surface area contributed by atoms with Crippen molar-refractivity contribution in [3.8, 4) is 16.3 Å². The summed E-state index contributed by atoms with van der Waals surface area (Å²) in [6.45, 7) is 2.80. The number of nitrogens with zero attached hydrogens (tertiary/aromatic N) is 1. The lowest BCUT2D eigenvalue weighted by atomic mass is 9.91. The molecule has 4 rings (SSSR count). The molecular weight excluding hydrogens is 390 g/mol. The minimum atomic E-state index is -0.996. The summed E-state index contributed by atoms with van der Waals surface area (Å²) in [4.78, 5) is 15.5. The van der Waals surface area contributed by atoms with Crippen LogP contribution in [0.25, 0.3) is 10.6 Å². The maximum atomic E-state index is 10.8. The number of ether oxygens (including phenoxy) is 3. The molecule has 3 aromatic rings. The molecule has 1 N–H and O–H groups in total. The van der Waals surface area contributed by atoms with Crippen LogP contribution >= 0.6 is 11.3 Å². The molecule has 0 bridgehead atoms. The number of thiazole rings is 1. The average molecular weight is 411 g/mol. The molecule has 0 radical (unpaired) electrons. The lowest BCUT2D eigenvalue weighted by molar-refractivity contribution is -0.220. The highest BCUT2D eigenvalue weighted by atomic mass is 32.1. The topological polar surface area (TPSA) is 77.9 Å². The van der Waals surface area contributed by atoms with Gasteiger partial charge in [-0.1, -0.05) is 36.4 Å². The van der Waals surface area contributed by atoms with E-state index in [4.69, 9.17) is 19.3 Å². The van der Waals surface area contributed by atoms with Crippen molar-refractivity contribution in [2.75, 3.05) is 19.8 Å². The number of hydrogen-bond acceptors (Lipinski definition) is 6. The number of carbonyl (C=O) groups is 1. The van der Waals surface area contributed by atoms with Crippen LogP contribution in [0.4, 0.5) is 0 Å². The standard InChI is InChI=1S/C22H21NO5S/c1-15-4-2-3-5-19(15)21-23-17(12-29-21)10-27-18-8-6-16(7-9-18)22(13-26-14-22)28-11-20(24)25/h2-9,12H,10-11,13-14H2,1H3,(H,24,25). The second-order valence-electron chi connectivity index (χ2n) is 6.94. The van der Waals surface area contributed by atoms with Crippen molar-refractivity contribution in [1.29, 1.82) is 0 Å². The summed E-state index contributed by atoms with van der Waals surface area (Å²) >= 11 is 1.61. The molecule has 1 saturated heterocycles. The van der Waals surface area contributed by atoms with Crippen molar-refractivity contribution in [1.82, 2.24) is 4.98 Å². The van der Waals surface area contributed by atoms with Gasteiger partial charge in [0.15, 0.2) is 0 Å². The maximum Gasteiger partial charge on any atom is 0.329 e. The van der Waals surface area contributed by atoms with Crippen LogP contribution in [0.3, 0.4) is 0 Å². The summed E-state index contributed by atoms with van der Waals surface area (Å²) in [6.07, 6.45) is 0. The van der Waals surface area contributed by atoms with Gasteiger partial charge < -0.3 is 19.3 Å². The quantitative estimate of drug-likeness (QED) is 0.603. The van der Waals surface area contributed by atoms with E-state index in [1.54, 1.807) is 11.3 Å². The molecule has 0 unspecified atom stereocenters. The Bertz CT molecular complexity index is 994. The predicted molar refractivity (Wildman–Crippen MR) is 109 cm³/mol. The van der Waals surface area contributed by atoms with Gasteiger partial charge in [0.05, 0.1) is 18.9 Å². The summed E-state index contributed by atoms with van der Waals surface area (Å²) < 4.78 is 16.7. The Hall–Kier alpha value is -2.74. The van der Waals surface area contributed by atoms with E-state index in [-0.39, 0.29) is 6.61 Å². The largest absolute Gasteiger partial charge is 0.487 e. The van der Waals surface area contributed by atoms with Crippen molar-refractivity contribution in [2.45, 2.75) is 19.1 Å². The fraction of sp³-hybridized carbons (Fsp3) is 0.273. The van der Waals surface area contributed by atoms with Crippen LogP contribution in [0.2, 0.25) is 0 Å². The van der Waals surface area contributed by atoms with Crippen LogP contribution in [-0.2, 0) is 26.5 Å². The first-order chi connectivity index (χ1) is 14.1. The van der Waals surface area contributed by atoms with Gasteiger partial charge in [-0.25, -0.2) is 9.78 Å². The van der Waals surface area contributed by atoms with E-state index in [9.17, 15) is 4.79 Å². The van der Waals surface area contributed by atoms with E-state index in [1.165, 1.54) is 5.56 Å². The minimum absolute atomic E-state index is 0.348. The molecular formula is C22H21NO5S. The Morgan fingerprint density at radius 1 is 1.21 bits per heavy atom. The van der Waals surface area contributed by atoms with E-state index < -0.39 is 11.6 Å². The molecule has 1 aromatic heterocycles. The van der Waals surface area contributed by atoms with Crippen LogP contribution in [0.15, 0.2) is 53.9 Å². The van der Waals surface area contributed by atoms with Crippen LogP contribution < -0.4 is 4.74 Å². The normalized spacial score (nSPS) is 14.9. The SMILES string of the molecule is Cc1ccccc1-c1nc(COc2ccc(C3(OCC(=O)O)COC3)cc2)cs1. The minimum Gasteiger partial charge on any atom is -0.487 e. The monoisotopic (exact) mass is 411 g/mol. The Balaban J connectivity index is 1.39. The summed E-state index contributed by atoms with van der Waals surface area (Å²) in [6, 6.07) is 15.7. The van der Waals surface area contributed by atoms with Crippen molar-refractivity contribution in [2.24, 2.45) is 0 Å². The van der Waals surface area contributed by atoms with Crippen LogP contribution in [0, 0.1) is 6.92 Å². The number of rotatable bonds is 8. The van der Waals surface area contributed by atoms with Crippen molar-refractivity contribution in [3.05, 3.63) is 70.7 Å². The van der Waals surface area contributed by atoms with Crippen LogP contribution in [-0.4, -0.2) is 35.9 Å². The zero-order valence-electron chi connectivity index (χ0n) is 16.0. The summed E-state index contributed by atoms with van der Waals surface area (Å²) in [5, 5.41) is 11.9. The van der Waals surface area contributed by atoms with Gasteiger partial charge in [-0.05, 0) is 30.2 Å². The molecule has 6 nitrogen and oxygen atoms in total. The van der Waals surface area contributed by atoms with Gasteiger partial charge in [-0.3, -0.25) is 0 Å². The molecule has 1 aliphatic heterocycles. The van der Waals surface area contributed by atoms with E-state index in [1.807, 2.05) is 41.8 Å². The molecule has 150 valence electrons. The molecule has 1 aliphatic rings. The third-order valence-corrected chi connectivity index (χ3v) is 5.76. The third kappa shape index (κ3) is 4.32. The van der Waals surface area contributed by atoms with Gasteiger partial charge >= 0.3 is 5.97 Å². The van der Waals surface area contributed by atoms with Crippen LogP contribution in [0.5, 0.6) is 5.75 Å². The molecule has 29 heavy (non-hydrogen) atoms. The molecule has 0 aliphatic carbocycles. The molecule has 2 heterocycles. The number of aromatic nitrogens is 1. The number of aryl methyl sites for hydroxylation is 1. The van der Waals surface area contributed by atoms with E-state index in [0.717, 1.165) is 21.8 Å². The summed E-state index contributed by atoms with van der Waals surface area (Å²) in [7, 11) is 0. The lowest BCUT2D eigenvalue weighted by Crippen LogP contribution is -2.49. The Labute approximate surface area is 172 Å². The summed E-state index contributed by atoms with van der Waals surface area (Å²) in [5.41, 5.74) is 3.42. The van der Waals surface area contributed by atoms with Gasteiger partial charge in [0, 0.05) is 10.9 Å². The Morgan fingerprint density at radius 2 is 1.97 bits per heavy atom. The van der Waals surface area contributed by atoms with Crippen molar-refractivity contribution in [3.63, 3.8) is 0 Å². The number of benzene rings is 2. The highest BCUT2D eigenvalue weighted by molar-refractivity contribution is 7.13. The molecule has 2 aromatic carbocycles. The smallest absolute Gasteiger partial charge is 0.329 e. The first kappa shape index (κ1) is 19.6. The van der Waals surface area contributed by atoms with Gasteiger partial charge in [-0.15, -0.1) is 11.3 Å². The van der Waals surface area contributed by atoms with Gasteiger partial charge in [-0.2, -0.15) is 0 Å². The lowest BCUT2D eigenvalue weighted by Gasteiger charge is -2.41. The molecule has 0 spiro atoms. The second-order valence-corrected chi connectivity index (χ2v) is 7.80. The zero-order valence-corrected chi connectivity index (χ0v) is 16.8. The zero-order chi connectivity index (χ0) is 20.3. The Kier molecular flexibility index (Phi) is 5.62. The third-order valence-electron chi connectivity index (χ3n) is 4.84. The maximum absolute atomic E-state index is 10.8. The molecule has 0 amide bonds. The van der Waals surface area contributed by atoms with Gasteiger partial charge in [0.1, 0.15) is 29.6 Å². The fourth-order valence-corrected chi connectivity index (χ4v) is 4.04. The average Bonchev–Trinajstić information content (AvgIpc) is 3.15. The predicted octanol–water partition coefficient (Wildman–Crippen LogP) is 4.02. The molecule has 1 fully saturated rings. The molecule has 7 heteroatoms. The highest BCUT2D eigenvalue weighted by Crippen LogP contribution is 2.34. The number of carboxylic acids is 1. The summed E-state index contributed by atoms with van der Waals surface area (Å²) in [5.74, 6) is -0.280. The van der Waals surface area contributed by atoms with E-state index in [0.29, 0.717) is 25.6 Å². The Morgan fingerprint density at radius 3 is 2.62 bits per heavy atom. The first-order valence-electron chi connectivity index (χ1n) is 9.23. The van der Waals surface area contributed by atoms with Gasteiger partial charge in [0.2, 0.25) is 0 Å².